The van der Waals surface area contributed by atoms with Crippen LogP contribution in [0, 0.1) is 0 Å². The van der Waals surface area contributed by atoms with E-state index in [9.17, 15) is 9.90 Å². The van der Waals surface area contributed by atoms with Crippen LogP contribution in [0.5, 0.6) is 0 Å². The average Bonchev–Trinajstić information content (AvgIpc) is 3.07. The van der Waals surface area contributed by atoms with E-state index in [0.29, 0.717) is 0 Å². The summed E-state index contributed by atoms with van der Waals surface area (Å²) in [5.41, 5.74) is -0.0751. The van der Waals surface area contributed by atoms with Crippen molar-refractivity contribution in [1.82, 2.24) is 14.9 Å². The number of nitrogens with one attached hydrogen (secondary N) is 1. The van der Waals surface area contributed by atoms with Crippen molar-refractivity contribution in [3.63, 3.8) is 0 Å². The predicted octanol–water partition coefficient (Wildman–Crippen LogP) is 2.14. The Morgan fingerprint density at radius 1 is 1.74 bits per heavy atom. The van der Waals surface area contributed by atoms with Gasteiger partial charge in [0.1, 0.15) is 5.54 Å². The van der Waals surface area contributed by atoms with Gasteiger partial charge in [-0.25, -0.2) is 4.98 Å². The first-order valence-electron chi connectivity index (χ1n) is 6.54. The number of carboxylic acids is 1. The van der Waals surface area contributed by atoms with Crippen molar-refractivity contribution in [2.75, 3.05) is 12.8 Å². The number of thioether (sulfide) groups is 1. The Morgan fingerprint density at radius 2 is 2.47 bits per heavy atom. The van der Waals surface area contributed by atoms with E-state index in [0.717, 1.165) is 24.3 Å². The summed E-state index contributed by atoms with van der Waals surface area (Å²) in [6.45, 7) is 3.75. The molecule has 1 aromatic rings. The lowest BCUT2D eigenvalue weighted by atomic mass is 9.83. The highest BCUT2D eigenvalue weighted by molar-refractivity contribution is 8.00. The molecule has 5 nitrogen and oxygen atoms in total. The van der Waals surface area contributed by atoms with Crippen LogP contribution in [0.4, 0.5) is 0 Å². The normalized spacial score (nSPS) is 24.3. The van der Waals surface area contributed by atoms with Crippen molar-refractivity contribution in [2.24, 2.45) is 0 Å². The lowest BCUT2D eigenvalue weighted by Gasteiger charge is -2.42. The fourth-order valence-electron chi connectivity index (χ4n) is 2.61. The number of carboxylic acid groups (broad SMARTS) is 1. The van der Waals surface area contributed by atoms with Gasteiger partial charge in [0.2, 0.25) is 0 Å². The van der Waals surface area contributed by atoms with Crippen LogP contribution in [0.3, 0.4) is 0 Å². The Balaban J connectivity index is 2.28. The van der Waals surface area contributed by atoms with E-state index < -0.39 is 11.5 Å². The Bertz CT molecular complexity index is 431. The molecule has 1 aliphatic heterocycles. The molecule has 3 unspecified atom stereocenters. The molecule has 0 bridgehead atoms. The van der Waals surface area contributed by atoms with Gasteiger partial charge in [-0.2, -0.15) is 0 Å². The largest absolute Gasteiger partial charge is 0.480 e. The van der Waals surface area contributed by atoms with Crippen LogP contribution in [0.15, 0.2) is 12.5 Å². The summed E-state index contributed by atoms with van der Waals surface area (Å²) in [4.78, 5) is 20.9. The van der Waals surface area contributed by atoms with Crippen molar-refractivity contribution in [3.05, 3.63) is 18.2 Å². The van der Waals surface area contributed by atoms with E-state index in [1.165, 1.54) is 0 Å². The highest BCUT2D eigenvalue weighted by Crippen LogP contribution is 2.38. The number of imidazole rings is 1. The second-order valence-corrected chi connectivity index (χ2v) is 6.55. The van der Waals surface area contributed by atoms with E-state index in [1.807, 2.05) is 30.6 Å². The molecule has 0 amide bonds. The standard InChI is InChI=1S/C13H21N3O2S/c1-9(10-7-14-8-15-10)13(2,12(17)18)16(3)11-5-4-6-19-11/h7-9,11H,4-6H2,1-3H3,(H,14,15)(H,17,18). The Labute approximate surface area is 117 Å². The van der Waals surface area contributed by atoms with Crippen molar-refractivity contribution >= 4 is 17.7 Å². The molecule has 6 heteroatoms. The minimum Gasteiger partial charge on any atom is -0.480 e. The van der Waals surface area contributed by atoms with Gasteiger partial charge in [-0.1, -0.05) is 6.92 Å². The zero-order valence-electron chi connectivity index (χ0n) is 11.6. The van der Waals surface area contributed by atoms with Gasteiger partial charge in [-0.3, -0.25) is 9.69 Å². The smallest absolute Gasteiger partial charge is 0.324 e. The Kier molecular flexibility index (Phi) is 4.20. The van der Waals surface area contributed by atoms with E-state index in [1.54, 1.807) is 19.4 Å². The van der Waals surface area contributed by atoms with E-state index in [-0.39, 0.29) is 11.3 Å². The minimum atomic E-state index is -0.936. The monoisotopic (exact) mass is 283 g/mol. The zero-order valence-corrected chi connectivity index (χ0v) is 12.4. The molecule has 0 saturated carbocycles. The van der Waals surface area contributed by atoms with Crippen LogP contribution in [0.2, 0.25) is 0 Å². The number of nitrogens with zero attached hydrogens (tertiary/aromatic N) is 2. The van der Waals surface area contributed by atoms with Crippen LogP contribution in [0.25, 0.3) is 0 Å². The van der Waals surface area contributed by atoms with Crippen molar-refractivity contribution < 1.29 is 9.90 Å². The van der Waals surface area contributed by atoms with Crippen LogP contribution < -0.4 is 0 Å². The SMILES string of the molecule is CC(c1cnc[nH]1)C(C)(C(=O)O)N(C)C1CCCS1. The molecule has 106 valence electrons. The van der Waals surface area contributed by atoms with Crippen molar-refractivity contribution in [1.29, 1.82) is 0 Å². The second-order valence-electron chi connectivity index (χ2n) is 5.26. The predicted molar refractivity (Wildman–Crippen MR) is 76.3 cm³/mol. The molecule has 0 aromatic carbocycles. The molecule has 1 aromatic heterocycles. The fourth-order valence-corrected chi connectivity index (χ4v) is 3.99. The molecule has 1 aliphatic rings. The Morgan fingerprint density at radius 3 is 2.95 bits per heavy atom. The third-order valence-electron chi connectivity index (χ3n) is 4.33. The molecule has 2 rings (SSSR count). The molecule has 19 heavy (non-hydrogen) atoms. The topological polar surface area (TPSA) is 69.2 Å². The van der Waals surface area contributed by atoms with Gasteiger partial charge in [-0.15, -0.1) is 11.8 Å². The number of aromatic nitrogens is 2. The highest BCUT2D eigenvalue weighted by atomic mass is 32.2. The van der Waals surface area contributed by atoms with Crippen molar-refractivity contribution in [2.45, 2.75) is 43.5 Å². The molecule has 1 saturated heterocycles. The van der Waals surface area contributed by atoms with E-state index in [4.69, 9.17) is 0 Å². The molecule has 1 fully saturated rings. The third-order valence-corrected chi connectivity index (χ3v) is 5.79. The van der Waals surface area contributed by atoms with Gasteiger partial charge in [0.05, 0.1) is 11.7 Å². The quantitative estimate of drug-likeness (QED) is 0.866. The number of rotatable bonds is 5. The molecule has 0 spiro atoms. The van der Waals surface area contributed by atoms with Crippen LogP contribution in [0.1, 0.15) is 38.3 Å². The maximum absolute atomic E-state index is 11.9. The molecule has 0 aliphatic carbocycles. The molecule has 0 radical (unpaired) electrons. The Hall–Kier alpha value is -1.01. The van der Waals surface area contributed by atoms with Gasteiger partial charge in [0.15, 0.2) is 0 Å². The first-order valence-corrected chi connectivity index (χ1v) is 7.59. The summed E-state index contributed by atoms with van der Waals surface area (Å²) in [7, 11) is 1.92. The van der Waals surface area contributed by atoms with Gasteiger partial charge >= 0.3 is 5.97 Å². The number of hydrogen-bond acceptors (Lipinski definition) is 4. The summed E-state index contributed by atoms with van der Waals surface area (Å²) in [6.07, 6.45) is 5.52. The zero-order chi connectivity index (χ0) is 14.0. The third kappa shape index (κ3) is 2.51. The highest BCUT2D eigenvalue weighted by Gasteiger charge is 2.47. The molecule has 2 N–H and O–H groups in total. The molecule has 2 heterocycles. The number of aromatic amines is 1. The maximum Gasteiger partial charge on any atom is 0.324 e. The summed E-state index contributed by atoms with van der Waals surface area (Å²) >= 11 is 1.85. The first-order chi connectivity index (χ1) is 8.98. The van der Waals surface area contributed by atoms with Crippen LogP contribution >= 0.6 is 11.8 Å². The number of carbonyl (C=O) groups is 1. The first kappa shape index (κ1) is 14.4. The summed E-state index contributed by atoms with van der Waals surface area (Å²) in [5, 5.41) is 10.0. The summed E-state index contributed by atoms with van der Waals surface area (Å²) in [6, 6.07) is 0. The lowest BCUT2D eigenvalue weighted by molar-refractivity contribution is -0.151. The van der Waals surface area contributed by atoms with Gasteiger partial charge in [0.25, 0.3) is 0 Å². The lowest BCUT2D eigenvalue weighted by Crippen LogP contribution is -2.56. The summed E-state index contributed by atoms with van der Waals surface area (Å²) < 4.78 is 0. The molecular weight excluding hydrogens is 262 g/mol. The number of H-pyrrole nitrogens is 1. The fraction of sp³-hybridized carbons (Fsp3) is 0.692. The molecule has 3 atom stereocenters. The van der Waals surface area contributed by atoms with Crippen molar-refractivity contribution in [3.8, 4) is 0 Å². The van der Waals surface area contributed by atoms with Crippen LogP contribution in [-0.4, -0.2) is 49.7 Å². The summed E-state index contributed by atoms with van der Waals surface area (Å²) in [5.74, 6) is 0.173. The minimum absolute atomic E-state index is 0.154. The average molecular weight is 283 g/mol. The van der Waals surface area contributed by atoms with Gasteiger partial charge in [0, 0.05) is 17.8 Å². The van der Waals surface area contributed by atoms with Gasteiger partial charge < -0.3 is 10.1 Å². The van der Waals surface area contributed by atoms with E-state index >= 15 is 0 Å². The maximum atomic E-state index is 11.9. The number of aliphatic carboxylic acids is 1. The van der Waals surface area contributed by atoms with Gasteiger partial charge in [-0.05, 0) is 32.6 Å². The molecular formula is C13H21N3O2S. The van der Waals surface area contributed by atoms with E-state index in [2.05, 4.69) is 9.97 Å². The number of likely N-dealkylation sites (N-methyl/N-ethyl adjacent to an activating group) is 1. The van der Waals surface area contributed by atoms with Crippen LogP contribution in [-0.2, 0) is 4.79 Å². The number of hydrogen-bond donors (Lipinski definition) is 2. The second kappa shape index (κ2) is 5.54.